The Bertz CT molecular complexity index is 1120. The minimum absolute atomic E-state index is 0.102. The van der Waals surface area contributed by atoms with E-state index in [2.05, 4.69) is 16.2 Å². The maximum Gasteiger partial charge on any atom is 0.276 e. The molecule has 0 atom stereocenters. The molecule has 3 N–H and O–H groups in total. The quantitative estimate of drug-likeness (QED) is 0.371. The van der Waals surface area contributed by atoms with E-state index in [9.17, 15) is 9.59 Å². The highest BCUT2D eigenvalue weighted by molar-refractivity contribution is 7.80. The van der Waals surface area contributed by atoms with Crippen molar-refractivity contribution in [3.8, 4) is 11.5 Å². The molecule has 0 saturated heterocycles. The summed E-state index contributed by atoms with van der Waals surface area (Å²) >= 11 is 16.7. The third-order valence-electron chi connectivity index (χ3n) is 3.93. The van der Waals surface area contributed by atoms with E-state index < -0.39 is 11.8 Å². The Kier molecular flexibility index (Phi) is 7.88. The number of hydrogen-bond donors (Lipinski definition) is 3. The van der Waals surface area contributed by atoms with Crippen LogP contribution in [0, 0.1) is 0 Å². The molecular formula is C21H17Cl2N3O4S. The van der Waals surface area contributed by atoms with E-state index in [0.29, 0.717) is 16.5 Å². The molecule has 0 saturated carbocycles. The molecule has 0 aliphatic rings. The number of ether oxygens (including phenoxy) is 2. The van der Waals surface area contributed by atoms with E-state index in [-0.39, 0.29) is 23.3 Å². The largest absolute Gasteiger partial charge is 0.483 e. The number of benzene rings is 3. The van der Waals surface area contributed by atoms with Crippen molar-refractivity contribution in [1.29, 1.82) is 0 Å². The second-order valence-corrected chi connectivity index (χ2v) is 7.43. The Morgan fingerprint density at radius 2 is 1.55 bits per heavy atom. The fraction of sp³-hybridized carbons (Fsp3) is 0.0952. The van der Waals surface area contributed by atoms with Crippen LogP contribution < -0.4 is 25.6 Å². The number of rotatable bonds is 6. The van der Waals surface area contributed by atoms with Gasteiger partial charge in [-0.05, 0) is 41.9 Å². The zero-order chi connectivity index (χ0) is 22.2. The average Bonchev–Trinajstić information content (AvgIpc) is 2.75. The highest BCUT2D eigenvalue weighted by Gasteiger charge is 2.10. The first-order chi connectivity index (χ1) is 14.9. The molecule has 0 fully saturated rings. The van der Waals surface area contributed by atoms with Crippen molar-refractivity contribution < 1.29 is 19.1 Å². The minimum atomic E-state index is -0.537. The van der Waals surface area contributed by atoms with Crippen LogP contribution in [0.4, 0.5) is 0 Å². The van der Waals surface area contributed by atoms with Crippen LogP contribution in [0.1, 0.15) is 0 Å². The summed E-state index contributed by atoms with van der Waals surface area (Å²) in [7, 11) is 0. The van der Waals surface area contributed by atoms with Crippen molar-refractivity contribution in [2.24, 2.45) is 0 Å². The summed E-state index contributed by atoms with van der Waals surface area (Å²) < 4.78 is 10.9. The number of amides is 2. The molecule has 0 heterocycles. The summed E-state index contributed by atoms with van der Waals surface area (Å²) in [4.78, 5) is 23.9. The number of carbonyl (C=O) groups excluding carboxylic acids is 2. The summed E-state index contributed by atoms with van der Waals surface area (Å²) in [5.74, 6) is -0.125. The van der Waals surface area contributed by atoms with Crippen molar-refractivity contribution >= 4 is 63.1 Å². The molecule has 3 aromatic carbocycles. The fourth-order valence-corrected chi connectivity index (χ4v) is 3.18. The Hall–Kier alpha value is -3.07. The van der Waals surface area contributed by atoms with Crippen molar-refractivity contribution in [2.75, 3.05) is 13.2 Å². The number of halogens is 2. The van der Waals surface area contributed by atoms with Gasteiger partial charge in [-0.15, -0.1) is 0 Å². The van der Waals surface area contributed by atoms with Gasteiger partial charge in [-0.2, -0.15) is 0 Å². The molecule has 2 amide bonds. The van der Waals surface area contributed by atoms with Gasteiger partial charge in [0, 0.05) is 10.4 Å². The molecule has 3 aromatic rings. The number of nitrogens with one attached hydrogen (secondary N) is 3. The maximum absolute atomic E-state index is 12.0. The molecule has 0 bridgehead atoms. The van der Waals surface area contributed by atoms with E-state index in [1.54, 1.807) is 18.2 Å². The van der Waals surface area contributed by atoms with Crippen LogP contribution in [-0.2, 0) is 9.59 Å². The standard InChI is InChI=1S/C21H17Cl2N3O4S/c22-14-8-9-18(16(23)10-14)30-11-19(27)24-21(31)26-25-20(28)12-29-17-7-3-5-13-4-1-2-6-15(13)17/h1-10H,11-12H2,(H,25,28)(H2,24,26,27,31). The minimum Gasteiger partial charge on any atom is -0.483 e. The van der Waals surface area contributed by atoms with E-state index in [0.717, 1.165) is 10.8 Å². The molecule has 0 unspecified atom stereocenters. The second kappa shape index (κ2) is 10.8. The molecule has 0 aliphatic carbocycles. The predicted molar refractivity (Wildman–Crippen MR) is 123 cm³/mol. The predicted octanol–water partition coefficient (Wildman–Crippen LogP) is 3.63. The van der Waals surface area contributed by atoms with Crippen molar-refractivity contribution in [1.82, 2.24) is 16.2 Å². The van der Waals surface area contributed by atoms with Crippen molar-refractivity contribution in [2.45, 2.75) is 0 Å². The van der Waals surface area contributed by atoms with Gasteiger partial charge in [-0.1, -0.05) is 59.6 Å². The van der Waals surface area contributed by atoms with Gasteiger partial charge in [0.05, 0.1) is 5.02 Å². The van der Waals surface area contributed by atoms with Crippen LogP contribution in [0.15, 0.2) is 60.7 Å². The topological polar surface area (TPSA) is 88.7 Å². The van der Waals surface area contributed by atoms with Gasteiger partial charge < -0.3 is 9.47 Å². The SMILES string of the molecule is O=C(COc1cccc2ccccc12)NNC(=S)NC(=O)COc1ccc(Cl)cc1Cl. The fourth-order valence-electron chi connectivity index (χ4n) is 2.56. The Labute approximate surface area is 193 Å². The first-order valence-corrected chi connectivity index (χ1v) is 10.2. The molecule has 160 valence electrons. The molecule has 7 nitrogen and oxygen atoms in total. The summed E-state index contributed by atoms with van der Waals surface area (Å²) in [6.07, 6.45) is 0. The number of hydrazine groups is 1. The first kappa shape index (κ1) is 22.6. The lowest BCUT2D eigenvalue weighted by molar-refractivity contribution is -0.124. The lowest BCUT2D eigenvalue weighted by Gasteiger charge is -2.13. The van der Waals surface area contributed by atoms with Gasteiger partial charge in [0.25, 0.3) is 11.8 Å². The van der Waals surface area contributed by atoms with Crippen LogP contribution in [0.25, 0.3) is 10.8 Å². The third kappa shape index (κ3) is 6.71. The first-order valence-electron chi connectivity index (χ1n) is 8.99. The lowest BCUT2D eigenvalue weighted by Crippen LogP contribution is -2.50. The van der Waals surface area contributed by atoms with Gasteiger partial charge >= 0.3 is 0 Å². The highest BCUT2D eigenvalue weighted by atomic mass is 35.5. The van der Waals surface area contributed by atoms with E-state index in [1.165, 1.54) is 6.07 Å². The van der Waals surface area contributed by atoms with Gasteiger partial charge in [0.2, 0.25) is 0 Å². The number of hydrogen-bond acceptors (Lipinski definition) is 5. The zero-order valence-electron chi connectivity index (χ0n) is 16.0. The van der Waals surface area contributed by atoms with E-state index in [4.69, 9.17) is 44.9 Å². The molecular weight excluding hydrogens is 461 g/mol. The van der Waals surface area contributed by atoms with Crippen LogP contribution in [0.2, 0.25) is 10.0 Å². The normalized spacial score (nSPS) is 10.3. The molecule has 31 heavy (non-hydrogen) atoms. The Balaban J connectivity index is 1.39. The van der Waals surface area contributed by atoms with Gasteiger partial charge in [0.15, 0.2) is 18.3 Å². The summed E-state index contributed by atoms with van der Waals surface area (Å²) in [6.45, 7) is -0.572. The molecule has 10 heteroatoms. The Morgan fingerprint density at radius 3 is 2.35 bits per heavy atom. The van der Waals surface area contributed by atoms with Crippen LogP contribution >= 0.6 is 35.4 Å². The maximum atomic E-state index is 12.0. The molecule has 0 radical (unpaired) electrons. The van der Waals surface area contributed by atoms with Crippen molar-refractivity contribution in [3.05, 3.63) is 70.7 Å². The van der Waals surface area contributed by atoms with Gasteiger partial charge in [-0.25, -0.2) is 0 Å². The van der Waals surface area contributed by atoms with Crippen LogP contribution in [-0.4, -0.2) is 30.1 Å². The van der Waals surface area contributed by atoms with Crippen LogP contribution in [0.3, 0.4) is 0 Å². The monoisotopic (exact) mass is 477 g/mol. The number of thiocarbonyl (C=S) groups is 1. The lowest BCUT2D eigenvalue weighted by atomic mass is 10.1. The summed E-state index contributed by atoms with van der Waals surface area (Å²) in [5.41, 5.74) is 4.77. The molecule has 0 aromatic heterocycles. The van der Waals surface area contributed by atoms with Gasteiger partial charge in [0.1, 0.15) is 11.5 Å². The van der Waals surface area contributed by atoms with Crippen molar-refractivity contribution in [3.63, 3.8) is 0 Å². The smallest absolute Gasteiger partial charge is 0.276 e. The average molecular weight is 478 g/mol. The summed E-state index contributed by atoms with van der Waals surface area (Å²) in [6, 6.07) is 17.9. The van der Waals surface area contributed by atoms with Gasteiger partial charge in [-0.3, -0.25) is 25.8 Å². The molecule has 0 aliphatic heterocycles. The molecule has 3 rings (SSSR count). The summed E-state index contributed by atoms with van der Waals surface area (Å²) in [5, 5.41) is 4.89. The van der Waals surface area contributed by atoms with E-state index in [1.807, 2.05) is 36.4 Å². The molecule has 0 spiro atoms. The third-order valence-corrected chi connectivity index (χ3v) is 4.66. The number of carbonyl (C=O) groups is 2. The second-order valence-electron chi connectivity index (χ2n) is 6.18. The van der Waals surface area contributed by atoms with Crippen LogP contribution in [0.5, 0.6) is 11.5 Å². The number of fused-ring (bicyclic) bond motifs is 1. The zero-order valence-corrected chi connectivity index (χ0v) is 18.3. The highest BCUT2D eigenvalue weighted by Crippen LogP contribution is 2.27. The van der Waals surface area contributed by atoms with E-state index >= 15 is 0 Å². The Morgan fingerprint density at radius 1 is 0.839 bits per heavy atom.